The molecule has 20 heavy (non-hydrogen) atoms. The van der Waals surface area contributed by atoms with Gasteiger partial charge in [-0.2, -0.15) is 0 Å². The molecular weight excluding hydrogens is 304 g/mol. The van der Waals surface area contributed by atoms with E-state index in [9.17, 15) is 8.78 Å². The van der Waals surface area contributed by atoms with Gasteiger partial charge in [0.1, 0.15) is 5.52 Å². The fourth-order valence-electron chi connectivity index (χ4n) is 2.21. The molecule has 1 atom stereocenters. The van der Waals surface area contributed by atoms with Crippen LogP contribution in [-0.4, -0.2) is 9.55 Å². The molecular formula is C13H10ClF2N3S. The maximum absolute atomic E-state index is 14.0. The normalized spacial score (nSPS) is 13.0. The molecule has 3 nitrogen and oxygen atoms in total. The minimum atomic E-state index is -0.943. The molecule has 0 spiro atoms. The lowest BCUT2D eigenvalue weighted by atomic mass is 10.2. The molecule has 0 aliphatic heterocycles. The van der Waals surface area contributed by atoms with Gasteiger partial charge in [-0.25, -0.2) is 13.8 Å². The van der Waals surface area contributed by atoms with Gasteiger partial charge >= 0.3 is 0 Å². The molecule has 0 saturated carbocycles. The van der Waals surface area contributed by atoms with E-state index in [2.05, 4.69) is 4.98 Å². The zero-order valence-corrected chi connectivity index (χ0v) is 12.0. The van der Waals surface area contributed by atoms with Gasteiger partial charge in [-0.05, 0) is 31.2 Å². The van der Waals surface area contributed by atoms with Crippen molar-refractivity contribution in [2.75, 3.05) is 5.73 Å². The first kappa shape index (κ1) is 13.3. The Morgan fingerprint density at radius 2 is 2.05 bits per heavy atom. The molecule has 2 N–H and O–H groups in total. The van der Waals surface area contributed by atoms with E-state index in [1.807, 2.05) is 13.0 Å². The number of halogens is 3. The number of imidazole rings is 1. The highest BCUT2D eigenvalue weighted by Gasteiger charge is 2.21. The molecule has 0 radical (unpaired) electrons. The molecule has 0 bridgehead atoms. The van der Waals surface area contributed by atoms with Crippen molar-refractivity contribution in [2.24, 2.45) is 0 Å². The number of rotatable bonds is 2. The molecule has 104 valence electrons. The average molecular weight is 314 g/mol. The van der Waals surface area contributed by atoms with Crippen LogP contribution in [0.3, 0.4) is 0 Å². The molecule has 3 rings (SSSR count). The topological polar surface area (TPSA) is 43.8 Å². The fraction of sp³-hybridized carbons (Fsp3) is 0.154. The van der Waals surface area contributed by atoms with Crippen LogP contribution < -0.4 is 5.73 Å². The highest BCUT2D eigenvalue weighted by atomic mass is 35.5. The minimum absolute atomic E-state index is 0.0690. The second kappa shape index (κ2) is 4.71. The third kappa shape index (κ3) is 1.96. The van der Waals surface area contributed by atoms with Crippen LogP contribution in [-0.2, 0) is 0 Å². The van der Waals surface area contributed by atoms with E-state index < -0.39 is 11.6 Å². The van der Waals surface area contributed by atoms with Gasteiger partial charge in [-0.15, -0.1) is 11.3 Å². The first-order valence-electron chi connectivity index (χ1n) is 5.85. The molecule has 1 unspecified atom stereocenters. The van der Waals surface area contributed by atoms with E-state index in [-0.39, 0.29) is 17.5 Å². The largest absolute Gasteiger partial charge is 0.369 e. The average Bonchev–Trinajstić information content (AvgIpc) is 2.97. The predicted octanol–water partition coefficient (Wildman–Crippen LogP) is 4.22. The van der Waals surface area contributed by atoms with Gasteiger partial charge in [-0.1, -0.05) is 11.6 Å². The summed E-state index contributed by atoms with van der Waals surface area (Å²) in [5.41, 5.74) is 6.25. The van der Waals surface area contributed by atoms with Gasteiger partial charge in [0.05, 0.1) is 15.9 Å². The van der Waals surface area contributed by atoms with E-state index in [1.165, 1.54) is 22.0 Å². The standard InChI is InChI=1S/C13H10ClF2N3S/c1-6(9-4-5-10(14)20-9)19-12-8(18-13(19)17)3-2-7(15)11(12)16/h2-6H,1H3,(H2,17,18). The van der Waals surface area contributed by atoms with Crippen molar-refractivity contribution in [2.45, 2.75) is 13.0 Å². The van der Waals surface area contributed by atoms with Crippen molar-refractivity contribution in [3.05, 3.63) is 45.1 Å². The Bertz CT molecular complexity index is 796. The molecule has 0 aliphatic carbocycles. The number of nitrogens with zero attached hydrogens (tertiary/aromatic N) is 2. The van der Waals surface area contributed by atoms with Crippen LogP contribution in [0.15, 0.2) is 24.3 Å². The number of nitrogens with two attached hydrogens (primary N) is 1. The maximum Gasteiger partial charge on any atom is 0.201 e. The Morgan fingerprint density at radius 3 is 2.70 bits per heavy atom. The molecule has 1 aromatic carbocycles. The summed E-state index contributed by atoms with van der Waals surface area (Å²) >= 11 is 7.28. The lowest BCUT2D eigenvalue weighted by Crippen LogP contribution is -2.10. The molecule has 0 fully saturated rings. The zero-order chi connectivity index (χ0) is 14.4. The summed E-state index contributed by atoms with van der Waals surface area (Å²) in [5, 5.41) is 0. The van der Waals surface area contributed by atoms with Crippen molar-refractivity contribution < 1.29 is 8.78 Å². The van der Waals surface area contributed by atoms with Crippen molar-refractivity contribution in [1.82, 2.24) is 9.55 Å². The number of hydrogen-bond acceptors (Lipinski definition) is 3. The molecule has 3 aromatic rings. The van der Waals surface area contributed by atoms with Crippen LogP contribution in [0, 0.1) is 11.6 Å². The van der Waals surface area contributed by atoms with Gasteiger partial charge in [0.15, 0.2) is 11.6 Å². The van der Waals surface area contributed by atoms with Crippen LogP contribution in [0.1, 0.15) is 17.8 Å². The molecule has 2 aromatic heterocycles. The summed E-state index contributed by atoms with van der Waals surface area (Å²) in [5.74, 6) is -1.72. The van der Waals surface area contributed by atoms with E-state index >= 15 is 0 Å². The highest BCUT2D eigenvalue weighted by Crippen LogP contribution is 2.34. The SMILES string of the molecule is CC(c1ccc(Cl)s1)n1c(N)nc2ccc(F)c(F)c21. The van der Waals surface area contributed by atoms with E-state index in [0.29, 0.717) is 9.85 Å². The number of anilines is 1. The van der Waals surface area contributed by atoms with Crippen LogP contribution >= 0.6 is 22.9 Å². The van der Waals surface area contributed by atoms with Gasteiger partial charge in [0, 0.05) is 4.88 Å². The predicted molar refractivity (Wildman–Crippen MR) is 77.2 cm³/mol. The van der Waals surface area contributed by atoms with E-state index in [0.717, 1.165) is 10.9 Å². The van der Waals surface area contributed by atoms with Crippen molar-refractivity contribution in [3.8, 4) is 0 Å². The lowest BCUT2D eigenvalue weighted by Gasteiger charge is -2.14. The third-order valence-electron chi connectivity index (χ3n) is 3.16. The summed E-state index contributed by atoms with van der Waals surface area (Å²) < 4.78 is 29.6. The maximum atomic E-state index is 14.0. The van der Waals surface area contributed by atoms with Crippen molar-refractivity contribution >= 4 is 39.9 Å². The van der Waals surface area contributed by atoms with Gasteiger partial charge < -0.3 is 5.73 Å². The zero-order valence-electron chi connectivity index (χ0n) is 10.4. The monoisotopic (exact) mass is 313 g/mol. The van der Waals surface area contributed by atoms with Gasteiger partial charge in [-0.3, -0.25) is 4.57 Å². The van der Waals surface area contributed by atoms with Crippen LogP contribution in [0.2, 0.25) is 4.34 Å². The van der Waals surface area contributed by atoms with E-state index in [4.69, 9.17) is 17.3 Å². The Morgan fingerprint density at radius 1 is 1.30 bits per heavy atom. The Hall–Kier alpha value is -1.66. The third-order valence-corrected chi connectivity index (χ3v) is 4.56. The quantitative estimate of drug-likeness (QED) is 0.769. The second-order valence-corrected chi connectivity index (χ2v) is 6.13. The first-order valence-corrected chi connectivity index (χ1v) is 7.05. The van der Waals surface area contributed by atoms with Gasteiger partial charge in [0.25, 0.3) is 0 Å². The first-order chi connectivity index (χ1) is 9.49. The second-order valence-electron chi connectivity index (χ2n) is 4.39. The van der Waals surface area contributed by atoms with Crippen molar-refractivity contribution in [3.63, 3.8) is 0 Å². The Labute approximate surface area is 122 Å². The molecule has 0 amide bonds. The van der Waals surface area contributed by atoms with Gasteiger partial charge in [0.2, 0.25) is 5.95 Å². The molecule has 2 heterocycles. The summed E-state index contributed by atoms with van der Waals surface area (Å²) in [6.45, 7) is 1.84. The number of nitrogen functional groups attached to an aromatic ring is 1. The fourth-order valence-corrected chi connectivity index (χ4v) is 3.32. The summed E-state index contributed by atoms with van der Waals surface area (Å²) in [4.78, 5) is 4.97. The Kier molecular flexibility index (Phi) is 3.14. The minimum Gasteiger partial charge on any atom is -0.369 e. The number of thiophene rings is 1. The van der Waals surface area contributed by atoms with Crippen LogP contribution in [0.5, 0.6) is 0 Å². The summed E-state index contributed by atoms with van der Waals surface area (Å²) in [6, 6.07) is 5.76. The molecule has 7 heteroatoms. The smallest absolute Gasteiger partial charge is 0.201 e. The summed E-state index contributed by atoms with van der Waals surface area (Å²) in [7, 11) is 0. The van der Waals surface area contributed by atoms with Crippen LogP contribution in [0.4, 0.5) is 14.7 Å². The van der Waals surface area contributed by atoms with Crippen LogP contribution in [0.25, 0.3) is 11.0 Å². The number of hydrogen-bond donors (Lipinski definition) is 1. The highest BCUT2D eigenvalue weighted by molar-refractivity contribution is 7.16. The number of fused-ring (bicyclic) bond motifs is 1. The summed E-state index contributed by atoms with van der Waals surface area (Å²) in [6.07, 6.45) is 0. The molecule has 0 saturated heterocycles. The number of aromatic nitrogens is 2. The lowest BCUT2D eigenvalue weighted by molar-refractivity contribution is 0.509. The number of benzene rings is 1. The van der Waals surface area contributed by atoms with E-state index in [1.54, 1.807) is 6.07 Å². The molecule has 0 aliphatic rings. The van der Waals surface area contributed by atoms with Crippen molar-refractivity contribution in [1.29, 1.82) is 0 Å². The Balaban J connectivity index is 2.25.